The minimum absolute atomic E-state index is 0.198. The number of nitro benzene ring substituents is 1. The zero-order chi connectivity index (χ0) is 14.8. The fourth-order valence-electron chi connectivity index (χ4n) is 2.57. The summed E-state index contributed by atoms with van der Waals surface area (Å²) >= 11 is 5.75. The summed E-state index contributed by atoms with van der Waals surface area (Å²) in [5.74, 6) is -0.971. The summed E-state index contributed by atoms with van der Waals surface area (Å²) in [7, 11) is 0. The highest BCUT2D eigenvalue weighted by Gasteiger charge is 2.40. The largest absolute Gasteiger partial charge is 0.480 e. The van der Waals surface area contributed by atoms with Crippen LogP contribution in [0.1, 0.15) is 32.1 Å². The minimum Gasteiger partial charge on any atom is -0.480 e. The Bertz CT molecular complexity index is 541. The van der Waals surface area contributed by atoms with E-state index in [9.17, 15) is 20.0 Å². The molecule has 2 rings (SSSR count). The van der Waals surface area contributed by atoms with Gasteiger partial charge in [-0.25, -0.2) is 4.79 Å². The van der Waals surface area contributed by atoms with E-state index in [1.54, 1.807) is 0 Å². The van der Waals surface area contributed by atoms with E-state index >= 15 is 0 Å². The number of rotatable bonds is 4. The predicted octanol–water partition coefficient (Wildman–Crippen LogP) is 3.45. The molecule has 2 N–H and O–H groups in total. The van der Waals surface area contributed by atoms with E-state index in [0.717, 1.165) is 19.3 Å². The van der Waals surface area contributed by atoms with Crippen LogP contribution in [0, 0.1) is 10.1 Å². The summed E-state index contributed by atoms with van der Waals surface area (Å²) in [5, 5.41) is 23.6. The van der Waals surface area contributed by atoms with Crippen LogP contribution < -0.4 is 5.32 Å². The minimum atomic E-state index is -1.13. The van der Waals surface area contributed by atoms with Crippen LogP contribution >= 0.6 is 11.6 Å². The van der Waals surface area contributed by atoms with Gasteiger partial charge in [-0.15, -0.1) is 0 Å². The molecule has 20 heavy (non-hydrogen) atoms. The molecular formula is C13H15ClN2O4. The van der Waals surface area contributed by atoms with Gasteiger partial charge in [-0.3, -0.25) is 10.1 Å². The van der Waals surface area contributed by atoms with Crippen LogP contribution in [0.2, 0.25) is 5.02 Å². The van der Waals surface area contributed by atoms with Crippen LogP contribution in [-0.2, 0) is 4.79 Å². The number of aliphatic carboxylic acids is 1. The van der Waals surface area contributed by atoms with Gasteiger partial charge in [0.2, 0.25) is 0 Å². The van der Waals surface area contributed by atoms with Gasteiger partial charge >= 0.3 is 5.97 Å². The zero-order valence-corrected chi connectivity index (χ0v) is 11.5. The van der Waals surface area contributed by atoms with Gasteiger partial charge in [0.05, 0.1) is 4.92 Å². The number of carboxylic acid groups (broad SMARTS) is 1. The Morgan fingerprint density at radius 1 is 1.35 bits per heavy atom. The molecule has 1 aromatic rings. The summed E-state index contributed by atoms with van der Waals surface area (Å²) < 4.78 is 0. The fraction of sp³-hybridized carbons (Fsp3) is 0.462. The molecule has 1 saturated carbocycles. The first-order valence-electron chi connectivity index (χ1n) is 6.40. The maximum absolute atomic E-state index is 11.6. The quantitative estimate of drug-likeness (QED) is 0.656. The Kier molecular flexibility index (Phi) is 4.13. The maximum atomic E-state index is 11.6. The number of hydrogen-bond acceptors (Lipinski definition) is 4. The summed E-state index contributed by atoms with van der Waals surface area (Å²) in [6, 6.07) is 4.19. The second-order valence-corrected chi connectivity index (χ2v) is 5.43. The highest BCUT2D eigenvalue weighted by atomic mass is 35.5. The van der Waals surface area contributed by atoms with Gasteiger partial charge in [-0.05, 0) is 25.0 Å². The number of nitro groups is 1. The topological polar surface area (TPSA) is 92.5 Å². The van der Waals surface area contributed by atoms with E-state index in [0.29, 0.717) is 12.8 Å². The third-order valence-corrected chi connectivity index (χ3v) is 3.88. The van der Waals surface area contributed by atoms with Gasteiger partial charge in [0.1, 0.15) is 11.2 Å². The van der Waals surface area contributed by atoms with Crippen molar-refractivity contribution < 1.29 is 14.8 Å². The van der Waals surface area contributed by atoms with E-state index in [-0.39, 0.29) is 16.4 Å². The molecule has 0 heterocycles. The molecule has 0 aromatic heterocycles. The molecule has 0 aliphatic heterocycles. The third kappa shape index (κ3) is 2.85. The maximum Gasteiger partial charge on any atom is 0.329 e. The average molecular weight is 299 g/mol. The normalized spacial score (nSPS) is 17.4. The third-order valence-electron chi connectivity index (χ3n) is 3.65. The molecule has 1 fully saturated rings. The predicted molar refractivity (Wildman–Crippen MR) is 75.2 cm³/mol. The van der Waals surface area contributed by atoms with Crippen molar-refractivity contribution in [1.29, 1.82) is 0 Å². The summed E-state index contributed by atoms with van der Waals surface area (Å²) in [6.45, 7) is 0. The number of nitrogens with one attached hydrogen (secondary N) is 1. The molecule has 1 aromatic carbocycles. The van der Waals surface area contributed by atoms with Crippen LogP contribution in [0.15, 0.2) is 18.2 Å². The van der Waals surface area contributed by atoms with Crippen LogP contribution in [0.25, 0.3) is 0 Å². The lowest BCUT2D eigenvalue weighted by molar-refractivity contribution is -0.384. The van der Waals surface area contributed by atoms with Crippen LogP contribution in [0.4, 0.5) is 11.4 Å². The number of anilines is 1. The number of carboxylic acids is 1. The molecule has 0 saturated heterocycles. The monoisotopic (exact) mass is 298 g/mol. The summed E-state index contributed by atoms with van der Waals surface area (Å²) in [5.41, 5.74) is -1.14. The number of halogens is 1. The van der Waals surface area contributed by atoms with Crippen LogP contribution in [0.5, 0.6) is 0 Å². The lowest BCUT2D eigenvalue weighted by atomic mass is 9.81. The van der Waals surface area contributed by atoms with Gasteiger partial charge in [0, 0.05) is 11.1 Å². The Morgan fingerprint density at radius 3 is 2.55 bits per heavy atom. The van der Waals surface area contributed by atoms with Crippen molar-refractivity contribution in [2.45, 2.75) is 37.6 Å². The number of benzene rings is 1. The van der Waals surface area contributed by atoms with Gasteiger partial charge in [0.15, 0.2) is 0 Å². The van der Waals surface area contributed by atoms with Crippen LogP contribution in [-0.4, -0.2) is 21.5 Å². The van der Waals surface area contributed by atoms with Crippen molar-refractivity contribution in [2.75, 3.05) is 5.32 Å². The van der Waals surface area contributed by atoms with Gasteiger partial charge < -0.3 is 10.4 Å². The molecular weight excluding hydrogens is 284 g/mol. The molecule has 6 nitrogen and oxygen atoms in total. The summed E-state index contributed by atoms with van der Waals surface area (Å²) in [4.78, 5) is 22.1. The average Bonchev–Trinajstić information content (AvgIpc) is 2.41. The fourth-order valence-corrected chi connectivity index (χ4v) is 2.73. The lowest BCUT2D eigenvalue weighted by Gasteiger charge is -2.34. The Labute approximate surface area is 120 Å². The van der Waals surface area contributed by atoms with E-state index in [1.165, 1.54) is 18.2 Å². The van der Waals surface area contributed by atoms with Crippen molar-refractivity contribution in [2.24, 2.45) is 0 Å². The zero-order valence-electron chi connectivity index (χ0n) is 10.8. The highest BCUT2D eigenvalue weighted by molar-refractivity contribution is 6.30. The van der Waals surface area contributed by atoms with Crippen molar-refractivity contribution in [3.8, 4) is 0 Å². The Hall–Kier alpha value is -1.82. The van der Waals surface area contributed by atoms with Gasteiger partial charge in [-0.2, -0.15) is 0 Å². The number of nitrogens with zero attached hydrogens (tertiary/aromatic N) is 1. The van der Waals surface area contributed by atoms with E-state index < -0.39 is 16.4 Å². The molecule has 0 unspecified atom stereocenters. The van der Waals surface area contributed by atoms with Crippen molar-refractivity contribution in [3.63, 3.8) is 0 Å². The van der Waals surface area contributed by atoms with Crippen molar-refractivity contribution >= 4 is 28.9 Å². The van der Waals surface area contributed by atoms with Crippen molar-refractivity contribution in [1.82, 2.24) is 0 Å². The Morgan fingerprint density at radius 2 is 2.00 bits per heavy atom. The van der Waals surface area contributed by atoms with Gasteiger partial charge in [-0.1, -0.05) is 30.9 Å². The van der Waals surface area contributed by atoms with E-state index in [1.807, 2.05) is 0 Å². The first kappa shape index (κ1) is 14.6. The molecule has 108 valence electrons. The van der Waals surface area contributed by atoms with Crippen LogP contribution in [0.3, 0.4) is 0 Å². The summed E-state index contributed by atoms with van der Waals surface area (Å²) in [6.07, 6.45) is 3.49. The first-order chi connectivity index (χ1) is 9.44. The molecule has 0 atom stereocenters. The molecule has 1 aliphatic rings. The smallest absolute Gasteiger partial charge is 0.329 e. The molecule has 7 heteroatoms. The van der Waals surface area contributed by atoms with E-state index in [4.69, 9.17) is 11.6 Å². The lowest BCUT2D eigenvalue weighted by Crippen LogP contribution is -2.48. The molecule has 0 radical (unpaired) electrons. The first-order valence-corrected chi connectivity index (χ1v) is 6.78. The molecule has 1 aliphatic carbocycles. The number of hydrogen-bond donors (Lipinski definition) is 2. The molecule has 0 bridgehead atoms. The van der Waals surface area contributed by atoms with Crippen molar-refractivity contribution in [3.05, 3.63) is 33.3 Å². The van der Waals surface area contributed by atoms with Gasteiger partial charge in [0.25, 0.3) is 5.69 Å². The second kappa shape index (κ2) is 5.66. The molecule has 0 spiro atoms. The molecule has 0 amide bonds. The highest BCUT2D eigenvalue weighted by Crippen LogP contribution is 2.36. The standard InChI is InChI=1S/C13H15ClN2O4/c14-9-4-5-10(11(8-9)16(19)20)15-13(12(17)18)6-2-1-3-7-13/h4-5,8,15H,1-3,6-7H2,(H,17,18). The van der Waals surface area contributed by atoms with E-state index in [2.05, 4.69) is 5.32 Å². The SMILES string of the molecule is O=C(O)C1(Nc2ccc(Cl)cc2[N+](=O)[O-])CCCCC1. The second-order valence-electron chi connectivity index (χ2n) is 4.99. The number of carbonyl (C=O) groups is 1. The Balaban J connectivity index is 2.36.